The zero-order valence-electron chi connectivity index (χ0n) is 5.46. The van der Waals surface area contributed by atoms with Gasteiger partial charge in [0.25, 0.3) is 0 Å². The molecule has 4 heteroatoms. The van der Waals surface area contributed by atoms with E-state index in [1.807, 2.05) is 0 Å². The van der Waals surface area contributed by atoms with Crippen molar-refractivity contribution in [3.63, 3.8) is 0 Å². The summed E-state index contributed by atoms with van der Waals surface area (Å²) in [7, 11) is 1.26. The summed E-state index contributed by atoms with van der Waals surface area (Å²) in [6.45, 7) is 0. The first kappa shape index (κ1) is 11.4. The fourth-order valence-corrected chi connectivity index (χ4v) is 0.234. The molecule has 0 amide bonds. The first-order chi connectivity index (χ1) is 4.31. The lowest BCUT2D eigenvalue weighted by Gasteiger charge is -1.84. The lowest BCUT2D eigenvalue weighted by Crippen LogP contribution is -1.92. The van der Waals surface area contributed by atoms with Gasteiger partial charge in [0.05, 0.1) is 7.11 Å². The molecule has 0 spiro atoms. The van der Waals surface area contributed by atoms with E-state index in [4.69, 9.17) is 0 Å². The Bertz CT molecular complexity index is 165. The number of hydrogen-bond acceptors (Lipinski definition) is 3. The van der Waals surface area contributed by atoms with Crippen LogP contribution in [-0.2, 0) is 14.3 Å². The molecular weight excluding hydrogens is 136 g/mol. The summed E-state index contributed by atoms with van der Waals surface area (Å²) in [5, 5.41) is 0. The van der Waals surface area contributed by atoms with Crippen molar-refractivity contribution >= 4 is 11.9 Å². The Labute approximate surface area is 58.1 Å². The van der Waals surface area contributed by atoms with Crippen LogP contribution in [0.2, 0.25) is 0 Å². The standard InChI is InChI=1S/C6H6O3.H2O/c1-9-6(8)4-2-3-5-7;/h2-4H,1H3;1H2/b4-2+;. The van der Waals surface area contributed by atoms with Crippen LogP contribution in [-0.4, -0.2) is 24.5 Å². The lowest BCUT2D eigenvalue weighted by atomic mass is 10.5. The highest BCUT2D eigenvalue weighted by atomic mass is 16.5. The Kier molecular flexibility index (Phi) is 8.70. The van der Waals surface area contributed by atoms with E-state index in [9.17, 15) is 9.59 Å². The molecule has 0 saturated heterocycles. The van der Waals surface area contributed by atoms with Crippen LogP contribution in [0.25, 0.3) is 0 Å². The summed E-state index contributed by atoms with van der Waals surface area (Å²) in [5.41, 5.74) is 0. The fraction of sp³-hybridized carbons (Fsp3) is 0.167. The van der Waals surface area contributed by atoms with Gasteiger partial charge in [-0.3, -0.25) is 0 Å². The van der Waals surface area contributed by atoms with Gasteiger partial charge in [0, 0.05) is 12.2 Å². The number of rotatable bonds is 2. The number of allylic oxidation sites excluding steroid dienone is 2. The van der Waals surface area contributed by atoms with Gasteiger partial charge in [0.1, 0.15) is 5.94 Å². The number of carbonyl (C=O) groups is 1. The van der Waals surface area contributed by atoms with Gasteiger partial charge in [-0.25, -0.2) is 9.59 Å². The molecule has 0 fully saturated rings. The van der Waals surface area contributed by atoms with Crippen LogP contribution in [0.1, 0.15) is 0 Å². The van der Waals surface area contributed by atoms with Crippen molar-refractivity contribution in [2.24, 2.45) is 0 Å². The predicted octanol–water partition coefficient (Wildman–Crippen LogP) is -0.721. The van der Waals surface area contributed by atoms with Crippen molar-refractivity contribution in [3.8, 4) is 0 Å². The van der Waals surface area contributed by atoms with Gasteiger partial charge >= 0.3 is 5.97 Å². The molecule has 0 aliphatic rings. The molecule has 10 heavy (non-hydrogen) atoms. The van der Waals surface area contributed by atoms with E-state index in [-0.39, 0.29) is 5.48 Å². The molecule has 0 radical (unpaired) electrons. The van der Waals surface area contributed by atoms with Crippen molar-refractivity contribution in [2.45, 2.75) is 0 Å². The van der Waals surface area contributed by atoms with Crippen LogP contribution < -0.4 is 0 Å². The van der Waals surface area contributed by atoms with Crippen molar-refractivity contribution in [3.05, 3.63) is 18.2 Å². The molecule has 2 N–H and O–H groups in total. The highest BCUT2D eigenvalue weighted by Gasteiger charge is 1.85. The van der Waals surface area contributed by atoms with Gasteiger partial charge in [-0.15, -0.1) is 0 Å². The van der Waals surface area contributed by atoms with E-state index in [0.717, 1.165) is 12.2 Å². The van der Waals surface area contributed by atoms with Gasteiger partial charge in [0.15, 0.2) is 0 Å². The summed E-state index contributed by atoms with van der Waals surface area (Å²) in [6, 6.07) is 0. The quantitative estimate of drug-likeness (QED) is 0.222. The monoisotopic (exact) mass is 144 g/mol. The fourth-order valence-electron chi connectivity index (χ4n) is 0.234. The van der Waals surface area contributed by atoms with Crippen LogP contribution in [0.4, 0.5) is 0 Å². The molecular formula is C6H8O4. The normalized spacial score (nSPS) is 7.70. The van der Waals surface area contributed by atoms with Gasteiger partial charge < -0.3 is 10.2 Å². The van der Waals surface area contributed by atoms with Crippen LogP contribution in [0.15, 0.2) is 18.2 Å². The first-order valence-corrected chi connectivity index (χ1v) is 2.26. The largest absolute Gasteiger partial charge is 0.466 e. The molecule has 0 atom stereocenters. The third-order valence-corrected chi connectivity index (χ3v) is 0.598. The van der Waals surface area contributed by atoms with E-state index in [1.54, 1.807) is 0 Å². The molecule has 0 aromatic rings. The maximum atomic E-state index is 10.2. The minimum Gasteiger partial charge on any atom is -0.466 e. The molecule has 0 rings (SSSR count). The predicted molar refractivity (Wildman–Crippen MR) is 35.0 cm³/mol. The van der Waals surface area contributed by atoms with Gasteiger partial charge in [-0.1, -0.05) is 0 Å². The first-order valence-electron chi connectivity index (χ1n) is 2.26. The number of hydrogen-bond donors (Lipinski definition) is 0. The Hall–Kier alpha value is -1.38. The number of methoxy groups -OCH3 is 1. The Morgan fingerprint density at radius 3 is 2.60 bits per heavy atom. The molecule has 0 aromatic heterocycles. The summed E-state index contributed by atoms with van der Waals surface area (Å²) in [6.07, 6.45) is 3.47. The Morgan fingerprint density at radius 1 is 1.60 bits per heavy atom. The maximum absolute atomic E-state index is 10.2. The second-order valence-electron chi connectivity index (χ2n) is 1.17. The summed E-state index contributed by atoms with van der Waals surface area (Å²) in [4.78, 5) is 19.7. The number of carbonyl (C=O) groups excluding carboxylic acids is 2. The number of esters is 1. The van der Waals surface area contributed by atoms with Gasteiger partial charge in [-0.05, 0) is 6.08 Å². The van der Waals surface area contributed by atoms with Crippen LogP contribution >= 0.6 is 0 Å². The number of ether oxygens (including phenoxy) is 1. The zero-order chi connectivity index (χ0) is 7.11. The summed E-state index contributed by atoms with van der Waals surface area (Å²) < 4.78 is 4.22. The highest BCUT2D eigenvalue weighted by Crippen LogP contribution is 1.76. The second-order valence-corrected chi connectivity index (χ2v) is 1.17. The minimum absolute atomic E-state index is 0. The molecule has 0 aromatic carbocycles. The van der Waals surface area contributed by atoms with Crippen molar-refractivity contribution < 1.29 is 19.8 Å². The van der Waals surface area contributed by atoms with Gasteiger partial charge in [-0.2, -0.15) is 0 Å². The van der Waals surface area contributed by atoms with E-state index < -0.39 is 5.97 Å². The molecule has 0 heterocycles. The molecule has 0 unspecified atom stereocenters. The van der Waals surface area contributed by atoms with E-state index >= 15 is 0 Å². The summed E-state index contributed by atoms with van der Waals surface area (Å²) in [5.74, 6) is 0.993. The Balaban J connectivity index is 0. The second kappa shape index (κ2) is 7.62. The van der Waals surface area contributed by atoms with Gasteiger partial charge in [0.2, 0.25) is 0 Å². The lowest BCUT2D eigenvalue weighted by molar-refractivity contribution is -0.134. The average molecular weight is 144 g/mol. The van der Waals surface area contributed by atoms with Crippen LogP contribution in [0, 0.1) is 0 Å². The summed E-state index contributed by atoms with van der Waals surface area (Å²) >= 11 is 0. The smallest absolute Gasteiger partial charge is 0.330 e. The maximum Gasteiger partial charge on any atom is 0.330 e. The molecule has 56 valence electrons. The van der Waals surface area contributed by atoms with Crippen LogP contribution in [0.5, 0.6) is 0 Å². The molecule has 0 aliphatic carbocycles. The molecule has 4 nitrogen and oxygen atoms in total. The zero-order valence-corrected chi connectivity index (χ0v) is 5.46. The highest BCUT2D eigenvalue weighted by molar-refractivity contribution is 5.82. The third-order valence-electron chi connectivity index (χ3n) is 0.598. The SMILES string of the molecule is COC(=O)/C=C/C=C=O.O. The topological polar surface area (TPSA) is 74.9 Å². The average Bonchev–Trinajstić information content (AvgIpc) is 1.89. The Morgan fingerprint density at radius 2 is 2.20 bits per heavy atom. The molecule has 0 bridgehead atoms. The third kappa shape index (κ3) is 6.62. The van der Waals surface area contributed by atoms with Crippen molar-refractivity contribution in [1.29, 1.82) is 0 Å². The van der Waals surface area contributed by atoms with Crippen molar-refractivity contribution in [1.82, 2.24) is 0 Å². The molecule has 0 saturated carbocycles. The molecule has 0 aliphatic heterocycles. The van der Waals surface area contributed by atoms with E-state index in [2.05, 4.69) is 4.74 Å². The van der Waals surface area contributed by atoms with E-state index in [0.29, 0.717) is 0 Å². The van der Waals surface area contributed by atoms with Crippen LogP contribution in [0.3, 0.4) is 0 Å². The van der Waals surface area contributed by atoms with Crippen molar-refractivity contribution in [2.75, 3.05) is 7.11 Å². The van der Waals surface area contributed by atoms with E-state index in [1.165, 1.54) is 19.1 Å². The minimum atomic E-state index is -0.485.